The maximum atomic E-state index is 9.19. The van der Waals surface area contributed by atoms with Gasteiger partial charge in [0.05, 0.1) is 12.1 Å². The molecule has 0 bridgehead atoms. The van der Waals surface area contributed by atoms with E-state index in [0.29, 0.717) is 6.54 Å². The summed E-state index contributed by atoms with van der Waals surface area (Å²) in [5.74, 6) is 0.891. The molecule has 4 nitrogen and oxygen atoms in total. The monoisotopic (exact) mass is 357 g/mol. The van der Waals surface area contributed by atoms with E-state index >= 15 is 0 Å². The van der Waals surface area contributed by atoms with Gasteiger partial charge in [-0.3, -0.25) is 0 Å². The molecule has 0 atom stereocenters. The van der Waals surface area contributed by atoms with Crippen LogP contribution >= 0.6 is 22.6 Å². The normalized spacial score (nSPS) is 11.2. The standard InChI is InChI=1S/C13H16IN3O/c1-9(2)17(5-6-18)13-11-7-10(14)3-4-12(11)15-8-16-13/h3-4,7-9,18H,5-6H2,1-2H3. The maximum Gasteiger partial charge on any atom is 0.140 e. The highest BCUT2D eigenvalue weighted by molar-refractivity contribution is 14.1. The first-order valence-corrected chi connectivity index (χ1v) is 6.99. The molecule has 2 rings (SSSR count). The van der Waals surface area contributed by atoms with E-state index in [1.54, 1.807) is 6.33 Å². The molecule has 2 aromatic rings. The van der Waals surface area contributed by atoms with Gasteiger partial charge in [-0.2, -0.15) is 0 Å². The smallest absolute Gasteiger partial charge is 0.140 e. The van der Waals surface area contributed by atoms with Crippen LogP contribution < -0.4 is 4.90 Å². The van der Waals surface area contributed by atoms with Crippen LogP contribution in [0.5, 0.6) is 0 Å². The topological polar surface area (TPSA) is 49.2 Å². The minimum Gasteiger partial charge on any atom is -0.395 e. The van der Waals surface area contributed by atoms with E-state index in [1.165, 1.54) is 0 Å². The Morgan fingerprint density at radius 3 is 2.78 bits per heavy atom. The largest absolute Gasteiger partial charge is 0.395 e. The number of benzene rings is 1. The molecule has 0 unspecified atom stereocenters. The lowest BCUT2D eigenvalue weighted by atomic mass is 10.2. The minimum atomic E-state index is 0.119. The summed E-state index contributed by atoms with van der Waals surface area (Å²) < 4.78 is 1.16. The highest BCUT2D eigenvalue weighted by Crippen LogP contribution is 2.25. The van der Waals surface area contributed by atoms with Crippen LogP contribution in [0.4, 0.5) is 5.82 Å². The number of rotatable bonds is 4. The first-order valence-electron chi connectivity index (χ1n) is 5.91. The summed E-state index contributed by atoms with van der Waals surface area (Å²) in [7, 11) is 0. The first kappa shape index (κ1) is 13.5. The Kier molecular flexibility index (Phi) is 4.34. The summed E-state index contributed by atoms with van der Waals surface area (Å²) in [6, 6.07) is 6.40. The average Bonchev–Trinajstić information content (AvgIpc) is 2.35. The molecular formula is C13H16IN3O. The van der Waals surface area contributed by atoms with Crippen LogP contribution in [0.15, 0.2) is 24.5 Å². The van der Waals surface area contributed by atoms with Crippen molar-refractivity contribution in [2.24, 2.45) is 0 Å². The third-order valence-electron chi connectivity index (χ3n) is 2.81. The van der Waals surface area contributed by atoms with Gasteiger partial charge >= 0.3 is 0 Å². The van der Waals surface area contributed by atoms with Gasteiger partial charge in [0.2, 0.25) is 0 Å². The molecule has 0 aliphatic rings. The molecule has 0 aliphatic carbocycles. The zero-order valence-electron chi connectivity index (χ0n) is 10.5. The van der Waals surface area contributed by atoms with Gasteiger partial charge in [0.25, 0.3) is 0 Å². The van der Waals surface area contributed by atoms with E-state index in [1.807, 2.05) is 12.1 Å². The van der Waals surface area contributed by atoms with Gasteiger partial charge in [0.15, 0.2) is 0 Å². The molecule has 0 saturated heterocycles. The van der Waals surface area contributed by atoms with Crippen molar-refractivity contribution < 1.29 is 5.11 Å². The van der Waals surface area contributed by atoms with Crippen LogP contribution in [0.1, 0.15) is 13.8 Å². The number of nitrogens with zero attached hydrogens (tertiary/aromatic N) is 3. The second kappa shape index (κ2) is 5.79. The van der Waals surface area contributed by atoms with Gasteiger partial charge < -0.3 is 10.0 Å². The van der Waals surface area contributed by atoms with Crippen molar-refractivity contribution in [1.82, 2.24) is 9.97 Å². The minimum absolute atomic E-state index is 0.119. The quantitative estimate of drug-likeness (QED) is 0.854. The Morgan fingerprint density at radius 2 is 2.11 bits per heavy atom. The number of hydrogen-bond acceptors (Lipinski definition) is 4. The molecule has 1 aromatic carbocycles. The zero-order valence-corrected chi connectivity index (χ0v) is 12.6. The van der Waals surface area contributed by atoms with Gasteiger partial charge in [0, 0.05) is 21.5 Å². The first-order chi connectivity index (χ1) is 8.63. The highest BCUT2D eigenvalue weighted by atomic mass is 127. The lowest BCUT2D eigenvalue weighted by molar-refractivity contribution is 0.299. The zero-order chi connectivity index (χ0) is 13.1. The second-order valence-corrected chi connectivity index (χ2v) is 5.62. The number of halogens is 1. The van der Waals surface area contributed by atoms with Crippen molar-refractivity contribution in [1.29, 1.82) is 0 Å². The number of aliphatic hydroxyl groups excluding tert-OH is 1. The molecule has 0 spiro atoms. The second-order valence-electron chi connectivity index (χ2n) is 4.37. The summed E-state index contributed by atoms with van der Waals surface area (Å²) in [4.78, 5) is 10.8. The Labute approximate surface area is 120 Å². The van der Waals surface area contributed by atoms with Crippen molar-refractivity contribution >= 4 is 39.3 Å². The Hall–Kier alpha value is -0.950. The summed E-state index contributed by atoms with van der Waals surface area (Å²) in [6.07, 6.45) is 1.58. The highest BCUT2D eigenvalue weighted by Gasteiger charge is 2.15. The number of hydrogen-bond donors (Lipinski definition) is 1. The molecule has 1 aromatic heterocycles. The third-order valence-corrected chi connectivity index (χ3v) is 3.48. The molecule has 18 heavy (non-hydrogen) atoms. The van der Waals surface area contributed by atoms with Crippen molar-refractivity contribution in [3.05, 3.63) is 28.1 Å². The lowest BCUT2D eigenvalue weighted by Crippen LogP contribution is -2.34. The van der Waals surface area contributed by atoms with Crippen molar-refractivity contribution in [3.8, 4) is 0 Å². The van der Waals surface area contributed by atoms with Crippen LogP contribution in [0.25, 0.3) is 10.9 Å². The molecule has 0 saturated carbocycles. The average molecular weight is 357 g/mol. The third kappa shape index (κ3) is 2.72. The fourth-order valence-electron chi connectivity index (χ4n) is 1.96. The summed E-state index contributed by atoms with van der Waals surface area (Å²) in [5, 5.41) is 10.2. The SMILES string of the molecule is CC(C)N(CCO)c1ncnc2ccc(I)cc12. The number of aromatic nitrogens is 2. The Balaban J connectivity index is 2.57. The van der Waals surface area contributed by atoms with Crippen molar-refractivity contribution in [2.75, 3.05) is 18.1 Å². The van der Waals surface area contributed by atoms with E-state index in [0.717, 1.165) is 20.3 Å². The molecule has 1 N–H and O–H groups in total. The van der Waals surface area contributed by atoms with Crippen LogP contribution in [-0.2, 0) is 0 Å². The van der Waals surface area contributed by atoms with Crippen LogP contribution in [0, 0.1) is 3.57 Å². The number of aliphatic hydroxyl groups is 1. The summed E-state index contributed by atoms with van der Waals surface area (Å²) in [6.45, 7) is 4.89. The fraction of sp³-hybridized carbons (Fsp3) is 0.385. The molecule has 5 heteroatoms. The van der Waals surface area contributed by atoms with Gasteiger partial charge in [0.1, 0.15) is 12.1 Å². The van der Waals surface area contributed by atoms with Crippen molar-refractivity contribution in [2.45, 2.75) is 19.9 Å². The van der Waals surface area contributed by atoms with Gasteiger partial charge in [-0.15, -0.1) is 0 Å². The predicted octanol–water partition coefficient (Wildman–Crippen LogP) is 2.44. The molecular weight excluding hydrogens is 341 g/mol. The molecule has 0 amide bonds. The van der Waals surface area contributed by atoms with Crippen molar-refractivity contribution in [3.63, 3.8) is 0 Å². The van der Waals surface area contributed by atoms with E-state index in [-0.39, 0.29) is 12.6 Å². The van der Waals surface area contributed by atoms with E-state index in [2.05, 4.69) is 57.4 Å². The summed E-state index contributed by atoms with van der Waals surface area (Å²) in [5.41, 5.74) is 0.934. The Morgan fingerprint density at radius 1 is 1.33 bits per heavy atom. The molecule has 0 fully saturated rings. The fourth-order valence-corrected chi connectivity index (χ4v) is 2.45. The van der Waals surface area contributed by atoms with E-state index in [4.69, 9.17) is 0 Å². The molecule has 1 heterocycles. The Bertz CT molecular complexity index is 545. The predicted molar refractivity (Wildman–Crippen MR) is 81.8 cm³/mol. The van der Waals surface area contributed by atoms with Crippen LogP contribution in [0.2, 0.25) is 0 Å². The lowest BCUT2D eigenvalue weighted by Gasteiger charge is -2.27. The number of fused-ring (bicyclic) bond motifs is 1. The molecule has 96 valence electrons. The summed E-state index contributed by atoms with van der Waals surface area (Å²) >= 11 is 2.28. The molecule has 0 radical (unpaired) electrons. The van der Waals surface area contributed by atoms with E-state index < -0.39 is 0 Å². The van der Waals surface area contributed by atoms with Gasteiger partial charge in [-0.05, 0) is 54.6 Å². The maximum absolute atomic E-state index is 9.19. The van der Waals surface area contributed by atoms with E-state index in [9.17, 15) is 5.11 Å². The van der Waals surface area contributed by atoms with Crippen LogP contribution in [0.3, 0.4) is 0 Å². The van der Waals surface area contributed by atoms with Gasteiger partial charge in [-0.1, -0.05) is 0 Å². The molecule has 0 aliphatic heterocycles. The number of anilines is 1. The van der Waals surface area contributed by atoms with Crippen LogP contribution in [-0.4, -0.2) is 34.3 Å². The van der Waals surface area contributed by atoms with Gasteiger partial charge in [-0.25, -0.2) is 9.97 Å².